The molecule has 0 aromatic rings. The second-order valence-electron chi connectivity index (χ2n) is 2.50. The van der Waals surface area contributed by atoms with Crippen molar-refractivity contribution in [1.29, 1.82) is 0 Å². The third-order valence-electron chi connectivity index (χ3n) is 1.38. The fourth-order valence-electron chi connectivity index (χ4n) is 0.653. The van der Waals surface area contributed by atoms with Crippen LogP contribution in [0.5, 0.6) is 0 Å². The Kier molecular flexibility index (Phi) is 10.4. The van der Waals surface area contributed by atoms with E-state index >= 15 is 0 Å². The first-order valence-corrected chi connectivity index (χ1v) is 7.64. The highest BCUT2D eigenvalue weighted by Crippen LogP contribution is 2.16. The average molecular weight is 260 g/mol. The van der Waals surface area contributed by atoms with Crippen molar-refractivity contribution in [2.45, 2.75) is 0 Å². The number of thioether (sulfide) groups is 3. The monoisotopic (exact) mass is 260 g/mol. The number of allylic oxidation sites excluding steroid dienone is 1. The molecule has 0 heterocycles. The Hall–Kier alpha value is -0.0600. The zero-order valence-corrected chi connectivity index (χ0v) is 11.2. The van der Waals surface area contributed by atoms with Crippen molar-refractivity contribution < 1.29 is 4.79 Å². The maximum Gasteiger partial charge on any atom is 0.211 e. The summed E-state index contributed by atoms with van der Waals surface area (Å²) in [4.78, 5) is 11.9. The first-order chi connectivity index (χ1) is 7.20. The standard InChI is InChI=1S/C11H16OS3/c1-4-10(3)14-8-6-13-7-9-15-11(12)5-2/h4-5H,1-3,6-9H2. The predicted molar refractivity (Wildman–Crippen MR) is 76.8 cm³/mol. The van der Waals surface area contributed by atoms with Gasteiger partial charge in [0.2, 0.25) is 5.12 Å². The molecular weight excluding hydrogens is 244 g/mol. The molecule has 0 amide bonds. The molecular formula is C11H16OS3. The zero-order valence-electron chi connectivity index (χ0n) is 8.74. The van der Waals surface area contributed by atoms with Gasteiger partial charge in [-0.1, -0.05) is 37.6 Å². The molecule has 0 saturated heterocycles. The molecule has 0 saturated carbocycles. The Labute approximate surface area is 105 Å². The van der Waals surface area contributed by atoms with Gasteiger partial charge in [0.1, 0.15) is 0 Å². The molecule has 0 spiro atoms. The lowest BCUT2D eigenvalue weighted by atomic mass is 10.6. The lowest BCUT2D eigenvalue weighted by Crippen LogP contribution is -1.92. The molecule has 15 heavy (non-hydrogen) atoms. The second kappa shape index (κ2) is 10.5. The Bertz CT molecular complexity index is 212. The van der Waals surface area contributed by atoms with E-state index in [1.165, 1.54) is 17.8 Å². The molecule has 0 N–H and O–H groups in total. The highest BCUT2D eigenvalue weighted by atomic mass is 32.2. The molecule has 0 unspecified atom stereocenters. The van der Waals surface area contributed by atoms with Gasteiger partial charge in [0.05, 0.1) is 0 Å². The van der Waals surface area contributed by atoms with Gasteiger partial charge in [-0.3, -0.25) is 4.79 Å². The number of rotatable bonds is 9. The van der Waals surface area contributed by atoms with Crippen molar-refractivity contribution >= 4 is 40.4 Å². The van der Waals surface area contributed by atoms with Crippen LogP contribution in [0.2, 0.25) is 0 Å². The smallest absolute Gasteiger partial charge is 0.211 e. The summed E-state index contributed by atoms with van der Waals surface area (Å²) in [6.45, 7) is 10.9. The second-order valence-corrected chi connectivity index (χ2v) is 6.05. The Morgan fingerprint density at radius 2 is 1.60 bits per heavy atom. The fourth-order valence-corrected chi connectivity index (χ4v) is 3.17. The molecule has 0 aromatic carbocycles. The zero-order chi connectivity index (χ0) is 11.5. The number of hydrogen-bond acceptors (Lipinski definition) is 4. The van der Waals surface area contributed by atoms with Crippen molar-refractivity contribution in [3.05, 3.63) is 36.8 Å². The lowest BCUT2D eigenvalue weighted by molar-refractivity contribution is -0.107. The van der Waals surface area contributed by atoms with Crippen LogP contribution in [0.4, 0.5) is 0 Å². The third-order valence-corrected chi connectivity index (χ3v) is 4.69. The summed E-state index contributed by atoms with van der Waals surface area (Å²) in [6, 6.07) is 0. The van der Waals surface area contributed by atoms with E-state index in [1.807, 2.05) is 11.8 Å². The molecule has 1 nitrogen and oxygen atoms in total. The highest BCUT2D eigenvalue weighted by molar-refractivity contribution is 8.14. The normalized spacial score (nSPS) is 9.60. The summed E-state index contributed by atoms with van der Waals surface area (Å²) in [6.07, 6.45) is 3.13. The Morgan fingerprint density at radius 3 is 2.13 bits per heavy atom. The van der Waals surface area contributed by atoms with Crippen LogP contribution in [0.15, 0.2) is 36.8 Å². The maximum atomic E-state index is 10.8. The molecule has 0 rings (SSSR count). The van der Waals surface area contributed by atoms with Gasteiger partial charge < -0.3 is 0 Å². The number of carbonyl (C=O) groups excluding carboxylic acids is 1. The number of carbonyl (C=O) groups is 1. The first kappa shape index (κ1) is 14.9. The van der Waals surface area contributed by atoms with Crippen LogP contribution in [0.25, 0.3) is 0 Å². The minimum absolute atomic E-state index is 0.0602. The molecule has 0 aliphatic heterocycles. The Balaban J connectivity index is 3.18. The quantitative estimate of drug-likeness (QED) is 0.358. The van der Waals surface area contributed by atoms with Gasteiger partial charge in [-0.05, 0) is 11.0 Å². The van der Waals surface area contributed by atoms with Crippen LogP contribution >= 0.6 is 35.3 Å². The molecule has 4 heteroatoms. The molecule has 84 valence electrons. The minimum atomic E-state index is 0.0602. The van der Waals surface area contributed by atoms with Gasteiger partial charge in [0, 0.05) is 23.0 Å². The summed E-state index contributed by atoms with van der Waals surface area (Å²) in [5.74, 6) is 4.00. The van der Waals surface area contributed by atoms with Gasteiger partial charge in [-0.25, -0.2) is 0 Å². The number of hydrogen-bond donors (Lipinski definition) is 0. The van der Waals surface area contributed by atoms with E-state index in [9.17, 15) is 4.79 Å². The predicted octanol–water partition coefficient (Wildman–Crippen LogP) is 3.60. The van der Waals surface area contributed by atoms with Gasteiger partial charge in [0.15, 0.2) is 0 Å². The largest absolute Gasteiger partial charge is 0.282 e. The van der Waals surface area contributed by atoms with E-state index in [0.717, 1.165) is 27.9 Å². The van der Waals surface area contributed by atoms with E-state index in [4.69, 9.17) is 0 Å². The van der Waals surface area contributed by atoms with E-state index in [0.29, 0.717) is 0 Å². The van der Waals surface area contributed by atoms with Crippen LogP contribution < -0.4 is 0 Å². The molecule has 0 aliphatic carbocycles. The van der Waals surface area contributed by atoms with Gasteiger partial charge >= 0.3 is 0 Å². The summed E-state index contributed by atoms with van der Waals surface area (Å²) in [5, 5.41) is 0.0602. The SMILES string of the molecule is C=CC(=C)SCCSCCSC(=O)C=C. The van der Waals surface area contributed by atoms with Crippen LogP contribution in [0, 0.1) is 0 Å². The van der Waals surface area contributed by atoms with Crippen molar-refractivity contribution in [3.8, 4) is 0 Å². The molecule has 0 atom stereocenters. The average Bonchev–Trinajstić information content (AvgIpc) is 2.26. The molecule has 0 bridgehead atoms. The van der Waals surface area contributed by atoms with Crippen molar-refractivity contribution in [2.75, 3.05) is 23.0 Å². The van der Waals surface area contributed by atoms with Crippen LogP contribution in [-0.4, -0.2) is 28.1 Å². The van der Waals surface area contributed by atoms with Gasteiger partial charge in [-0.2, -0.15) is 11.8 Å². The van der Waals surface area contributed by atoms with Crippen molar-refractivity contribution in [2.24, 2.45) is 0 Å². The van der Waals surface area contributed by atoms with E-state index in [1.54, 1.807) is 17.8 Å². The van der Waals surface area contributed by atoms with E-state index < -0.39 is 0 Å². The fraction of sp³-hybridized carbons (Fsp3) is 0.364. The molecule has 0 radical (unpaired) electrons. The first-order valence-electron chi connectivity index (χ1n) is 4.51. The highest BCUT2D eigenvalue weighted by Gasteiger charge is 1.96. The van der Waals surface area contributed by atoms with E-state index in [2.05, 4.69) is 19.7 Å². The van der Waals surface area contributed by atoms with E-state index in [-0.39, 0.29) is 5.12 Å². The van der Waals surface area contributed by atoms with Crippen molar-refractivity contribution in [1.82, 2.24) is 0 Å². The summed E-state index contributed by atoms with van der Waals surface area (Å²) < 4.78 is 0. The van der Waals surface area contributed by atoms with Crippen molar-refractivity contribution in [3.63, 3.8) is 0 Å². The van der Waals surface area contributed by atoms with Crippen LogP contribution in [0.1, 0.15) is 0 Å². The summed E-state index contributed by atoms with van der Waals surface area (Å²) >= 11 is 4.90. The molecule has 0 fully saturated rings. The summed E-state index contributed by atoms with van der Waals surface area (Å²) in [5.41, 5.74) is 0. The van der Waals surface area contributed by atoms with Gasteiger partial charge in [0.25, 0.3) is 0 Å². The topological polar surface area (TPSA) is 17.1 Å². The van der Waals surface area contributed by atoms with Crippen LogP contribution in [0.3, 0.4) is 0 Å². The maximum absolute atomic E-state index is 10.8. The third kappa shape index (κ3) is 10.2. The summed E-state index contributed by atoms with van der Waals surface area (Å²) in [7, 11) is 0. The molecule has 0 aliphatic rings. The Morgan fingerprint density at radius 1 is 1.00 bits per heavy atom. The minimum Gasteiger partial charge on any atom is -0.282 e. The lowest BCUT2D eigenvalue weighted by Gasteiger charge is -2.00. The molecule has 0 aromatic heterocycles. The van der Waals surface area contributed by atoms with Crippen LogP contribution in [-0.2, 0) is 4.79 Å². The van der Waals surface area contributed by atoms with Gasteiger partial charge in [-0.15, -0.1) is 11.8 Å².